The molecule has 3 atom stereocenters. The van der Waals surface area contributed by atoms with Crippen molar-refractivity contribution in [2.24, 2.45) is 0 Å². The predicted octanol–water partition coefficient (Wildman–Crippen LogP) is 1.01. The summed E-state index contributed by atoms with van der Waals surface area (Å²) in [5.41, 5.74) is 0.852. The average molecular weight is 214 g/mol. The second kappa shape index (κ2) is 4.33. The van der Waals surface area contributed by atoms with Crippen molar-refractivity contribution >= 4 is 11.7 Å². The third-order valence-electron chi connectivity index (χ3n) is 2.52. The highest BCUT2D eigenvalue weighted by Crippen LogP contribution is 2.23. The van der Waals surface area contributed by atoms with E-state index in [2.05, 4.69) is 8.75 Å². The van der Waals surface area contributed by atoms with E-state index in [0.717, 1.165) is 18.5 Å². The van der Waals surface area contributed by atoms with E-state index >= 15 is 0 Å². The molecule has 3 unspecified atom stereocenters. The molecule has 2 rings (SSSR count). The number of nitrogens with zero attached hydrogens (tertiary/aromatic N) is 2. The van der Waals surface area contributed by atoms with Crippen molar-refractivity contribution in [3.63, 3.8) is 0 Å². The van der Waals surface area contributed by atoms with Gasteiger partial charge in [-0.25, -0.2) is 0 Å². The Morgan fingerprint density at radius 3 is 3.14 bits per heavy atom. The molecule has 0 saturated carbocycles. The Morgan fingerprint density at radius 1 is 1.71 bits per heavy atom. The maximum atomic E-state index is 9.85. The zero-order chi connectivity index (χ0) is 9.97. The molecule has 1 aromatic rings. The van der Waals surface area contributed by atoms with Gasteiger partial charge in [-0.15, -0.1) is 0 Å². The highest BCUT2D eigenvalue weighted by atomic mass is 32.1. The molecule has 0 amide bonds. The van der Waals surface area contributed by atoms with Gasteiger partial charge < -0.3 is 9.84 Å². The summed E-state index contributed by atoms with van der Waals surface area (Å²) >= 11 is 1.17. The lowest BCUT2D eigenvalue weighted by Crippen LogP contribution is -2.28. The van der Waals surface area contributed by atoms with Crippen LogP contribution in [0.4, 0.5) is 0 Å². The van der Waals surface area contributed by atoms with Gasteiger partial charge in [-0.1, -0.05) is 0 Å². The summed E-state index contributed by atoms with van der Waals surface area (Å²) in [5, 5.41) is 9.85. The predicted molar refractivity (Wildman–Crippen MR) is 53.2 cm³/mol. The highest BCUT2D eigenvalue weighted by Gasteiger charge is 2.28. The molecule has 0 spiro atoms. The first-order chi connectivity index (χ1) is 6.75. The van der Waals surface area contributed by atoms with Crippen LogP contribution in [-0.2, 0) is 11.2 Å². The largest absolute Gasteiger partial charge is 0.390 e. The van der Waals surface area contributed by atoms with Gasteiger partial charge in [-0.3, -0.25) is 0 Å². The van der Waals surface area contributed by atoms with Crippen LogP contribution in [0.2, 0.25) is 0 Å². The number of aliphatic hydroxyl groups is 1. The van der Waals surface area contributed by atoms with Crippen LogP contribution in [0.1, 0.15) is 25.5 Å². The van der Waals surface area contributed by atoms with Crippen molar-refractivity contribution in [2.45, 2.75) is 44.5 Å². The summed E-state index contributed by atoms with van der Waals surface area (Å²) in [6.45, 7) is 2.04. The maximum Gasteiger partial charge on any atom is 0.0858 e. The normalized spacial score (nSPS) is 29.3. The van der Waals surface area contributed by atoms with Crippen LogP contribution in [-0.4, -0.2) is 32.2 Å². The summed E-state index contributed by atoms with van der Waals surface area (Å²) in [6.07, 6.45) is 4.05. The molecule has 0 radical (unpaired) electrons. The lowest BCUT2D eigenvalue weighted by Gasteiger charge is -2.16. The zero-order valence-corrected chi connectivity index (χ0v) is 8.91. The molecule has 4 nitrogen and oxygen atoms in total. The van der Waals surface area contributed by atoms with E-state index in [1.54, 1.807) is 6.20 Å². The van der Waals surface area contributed by atoms with Gasteiger partial charge in [0.2, 0.25) is 0 Å². The van der Waals surface area contributed by atoms with Gasteiger partial charge in [0.25, 0.3) is 0 Å². The van der Waals surface area contributed by atoms with Crippen LogP contribution in [0.25, 0.3) is 0 Å². The minimum absolute atomic E-state index is 0.0216. The monoisotopic (exact) mass is 214 g/mol. The molecule has 1 fully saturated rings. The van der Waals surface area contributed by atoms with Crippen molar-refractivity contribution in [3.8, 4) is 0 Å². The van der Waals surface area contributed by atoms with Crippen LogP contribution in [0, 0.1) is 0 Å². The third-order valence-corrected chi connectivity index (χ3v) is 3.04. The minimum atomic E-state index is -0.441. The van der Waals surface area contributed by atoms with Gasteiger partial charge in [0.05, 0.1) is 41.9 Å². The van der Waals surface area contributed by atoms with Gasteiger partial charge in [0.15, 0.2) is 0 Å². The molecule has 2 heterocycles. The van der Waals surface area contributed by atoms with Crippen LogP contribution in [0.3, 0.4) is 0 Å². The molecule has 1 aliphatic heterocycles. The molecule has 5 heteroatoms. The fourth-order valence-electron chi connectivity index (χ4n) is 1.74. The summed E-state index contributed by atoms with van der Waals surface area (Å²) < 4.78 is 13.5. The van der Waals surface area contributed by atoms with Gasteiger partial charge >= 0.3 is 0 Å². The van der Waals surface area contributed by atoms with Crippen molar-refractivity contribution in [1.82, 2.24) is 8.75 Å². The maximum absolute atomic E-state index is 9.85. The summed E-state index contributed by atoms with van der Waals surface area (Å²) in [5.74, 6) is 0. The van der Waals surface area contributed by atoms with Crippen molar-refractivity contribution in [3.05, 3.63) is 11.9 Å². The number of rotatable bonds is 3. The van der Waals surface area contributed by atoms with Gasteiger partial charge in [0, 0.05) is 6.42 Å². The molecular weight excluding hydrogens is 200 g/mol. The molecule has 14 heavy (non-hydrogen) atoms. The van der Waals surface area contributed by atoms with Crippen molar-refractivity contribution in [1.29, 1.82) is 0 Å². The molecule has 0 bridgehead atoms. The average Bonchev–Trinajstić information content (AvgIpc) is 2.75. The lowest BCUT2D eigenvalue weighted by molar-refractivity contribution is -0.0281. The fraction of sp³-hybridized carbons (Fsp3) is 0.778. The minimum Gasteiger partial charge on any atom is -0.390 e. The van der Waals surface area contributed by atoms with E-state index in [-0.39, 0.29) is 12.2 Å². The fourth-order valence-corrected chi connectivity index (χ4v) is 2.18. The molecule has 1 saturated heterocycles. The molecule has 0 aliphatic carbocycles. The Labute approximate surface area is 87.2 Å². The van der Waals surface area contributed by atoms with E-state index in [1.807, 2.05) is 6.92 Å². The number of hydrogen-bond donors (Lipinski definition) is 1. The number of aliphatic hydroxyl groups excluding tert-OH is 1. The standard InChI is InChI=1S/C9H14N2O2S/c1-6-2-3-9(13-6)8(12)4-7-5-10-14-11-7/h5-6,8-9,12H,2-4H2,1H3. The topological polar surface area (TPSA) is 55.2 Å². The Hall–Kier alpha value is -0.520. The first kappa shape index (κ1) is 10.0. The molecule has 1 aliphatic rings. The van der Waals surface area contributed by atoms with Crippen molar-refractivity contribution < 1.29 is 9.84 Å². The van der Waals surface area contributed by atoms with E-state index in [0.29, 0.717) is 6.42 Å². The first-order valence-electron chi connectivity index (χ1n) is 4.85. The Morgan fingerprint density at radius 2 is 2.57 bits per heavy atom. The van der Waals surface area contributed by atoms with Crippen LogP contribution in [0.5, 0.6) is 0 Å². The lowest BCUT2D eigenvalue weighted by atomic mass is 10.1. The molecule has 1 aromatic heterocycles. The number of ether oxygens (including phenoxy) is 1. The van der Waals surface area contributed by atoms with E-state index in [4.69, 9.17) is 4.74 Å². The summed E-state index contributed by atoms with van der Waals surface area (Å²) in [6, 6.07) is 0. The Kier molecular flexibility index (Phi) is 3.10. The number of aromatic nitrogens is 2. The molecule has 1 N–H and O–H groups in total. The van der Waals surface area contributed by atoms with E-state index in [9.17, 15) is 5.11 Å². The smallest absolute Gasteiger partial charge is 0.0858 e. The number of hydrogen-bond acceptors (Lipinski definition) is 5. The Balaban J connectivity index is 1.87. The first-order valence-corrected chi connectivity index (χ1v) is 5.58. The highest BCUT2D eigenvalue weighted by molar-refractivity contribution is 6.99. The van der Waals surface area contributed by atoms with Gasteiger partial charge in [-0.2, -0.15) is 8.75 Å². The molecular formula is C9H14N2O2S. The second-order valence-corrected chi connectivity index (χ2v) is 4.29. The Bertz CT molecular complexity index is 278. The summed E-state index contributed by atoms with van der Waals surface area (Å²) in [4.78, 5) is 0. The third kappa shape index (κ3) is 2.29. The van der Waals surface area contributed by atoms with Gasteiger partial charge in [0.1, 0.15) is 0 Å². The van der Waals surface area contributed by atoms with Crippen LogP contribution in [0.15, 0.2) is 6.20 Å². The zero-order valence-electron chi connectivity index (χ0n) is 8.09. The SMILES string of the molecule is CC1CCC(C(O)Cc2cnsn2)O1. The molecule has 0 aromatic carbocycles. The quantitative estimate of drug-likeness (QED) is 0.816. The van der Waals surface area contributed by atoms with E-state index < -0.39 is 6.10 Å². The van der Waals surface area contributed by atoms with Crippen molar-refractivity contribution in [2.75, 3.05) is 0 Å². The van der Waals surface area contributed by atoms with Crippen LogP contribution >= 0.6 is 11.7 Å². The second-order valence-electron chi connectivity index (χ2n) is 3.73. The van der Waals surface area contributed by atoms with Crippen LogP contribution < -0.4 is 0 Å². The van der Waals surface area contributed by atoms with Gasteiger partial charge in [-0.05, 0) is 19.8 Å². The molecule has 78 valence electrons. The van der Waals surface area contributed by atoms with E-state index in [1.165, 1.54) is 11.7 Å². The summed E-state index contributed by atoms with van der Waals surface area (Å²) in [7, 11) is 0.